The van der Waals surface area contributed by atoms with Crippen molar-refractivity contribution < 1.29 is 23.8 Å². The Balaban J connectivity index is 1.76. The van der Waals surface area contributed by atoms with Crippen molar-refractivity contribution in [2.45, 2.75) is 6.54 Å². The molecule has 0 saturated carbocycles. The van der Waals surface area contributed by atoms with Crippen LogP contribution >= 0.6 is 0 Å². The molecule has 1 amide bonds. The summed E-state index contributed by atoms with van der Waals surface area (Å²) in [5.74, 6) is -1.43. The number of ether oxygens (including phenoxy) is 1. The Hall–Kier alpha value is -2.89. The summed E-state index contributed by atoms with van der Waals surface area (Å²) < 4.78 is 17.6. The molecule has 0 fully saturated rings. The lowest BCUT2D eigenvalue weighted by atomic mass is 10.2. The number of hydrogen-bond donors (Lipinski definition) is 2. The van der Waals surface area contributed by atoms with Crippen LogP contribution in [0.2, 0.25) is 0 Å². The summed E-state index contributed by atoms with van der Waals surface area (Å²) in [4.78, 5) is 23.2. The lowest BCUT2D eigenvalue weighted by Gasteiger charge is -2.07. The van der Waals surface area contributed by atoms with Crippen LogP contribution in [0.1, 0.15) is 15.9 Å². The first kappa shape index (κ1) is 15.5. The maximum absolute atomic E-state index is 12.7. The number of nitrogens with one attached hydrogen (secondary N) is 1. The molecule has 0 saturated heterocycles. The number of amides is 1. The number of phenols is 1. The molecule has 6 heteroatoms. The highest BCUT2D eigenvalue weighted by Gasteiger charge is 2.10. The van der Waals surface area contributed by atoms with E-state index in [0.29, 0.717) is 0 Å². The summed E-state index contributed by atoms with van der Waals surface area (Å²) in [6, 6.07) is 11.2. The van der Waals surface area contributed by atoms with Crippen LogP contribution < -0.4 is 5.32 Å². The van der Waals surface area contributed by atoms with E-state index in [4.69, 9.17) is 9.84 Å². The maximum atomic E-state index is 12.7. The quantitative estimate of drug-likeness (QED) is 0.828. The molecule has 0 atom stereocenters. The highest BCUT2D eigenvalue weighted by atomic mass is 19.1. The molecule has 2 N–H and O–H groups in total. The van der Waals surface area contributed by atoms with Gasteiger partial charge in [0.05, 0.1) is 5.56 Å². The molecule has 2 rings (SSSR count). The second-order valence-corrected chi connectivity index (χ2v) is 4.53. The predicted molar refractivity (Wildman–Crippen MR) is 76.6 cm³/mol. The zero-order valence-electron chi connectivity index (χ0n) is 11.6. The summed E-state index contributed by atoms with van der Waals surface area (Å²) in [6.07, 6.45) is 0. The highest BCUT2D eigenvalue weighted by Crippen LogP contribution is 2.10. The number of aromatic hydroxyl groups is 1. The first-order chi connectivity index (χ1) is 10.5. The number of hydrogen-bond acceptors (Lipinski definition) is 4. The molecule has 0 unspecified atom stereocenters. The van der Waals surface area contributed by atoms with Crippen molar-refractivity contribution in [2.24, 2.45) is 0 Å². The summed E-state index contributed by atoms with van der Waals surface area (Å²) in [6.45, 7) is -0.198. The lowest BCUT2D eigenvalue weighted by molar-refractivity contribution is -0.124. The van der Waals surface area contributed by atoms with Crippen LogP contribution in [-0.4, -0.2) is 23.6 Å². The smallest absolute Gasteiger partial charge is 0.338 e. The average molecular weight is 303 g/mol. The predicted octanol–water partition coefficient (Wildman–Crippen LogP) is 2.00. The maximum Gasteiger partial charge on any atom is 0.338 e. The monoisotopic (exact) mass is 303 g/mol. The van der Waals surface area contributed by atoms with Gasteiger partial charge < -0.3 is 15.2 Å². The van der Waals surface area contributed by atoms with E-state index in [9.17, 15) is 14.0 Å². The van der Waals surface area contributed by atoms with Gasteiger partial charge in [0, 0.05) is 6.54 Å². The van der Waals surface area contributed by atoms with Crippen molar-refractivity contribution in [3.8, 4) is 5.75 Å². The van der Waals surface area contributed by atoms with Crippen LogP contribution in [0.5, 0.6) is 5.75 Å². The van der Waals surface area contributed by atoms with Gasteiger partial charge >= 0.3 is 5.97 Å². The molecule has 0 spiro atoms. The van der Waals surface area contributed by atoms with E-state index in [2.05, 4.69) is 5.32 Å². The Morgan fingerprint density at radius 1 is 1.05 bits per heavy atom. The fourth-order valence-electron chi connectivity index (χ4n) is 1.67. The fourth-order valence-corrected chi connectivity index (χ4v) is 1.67. The summed E-state index contributed by atoms with van der Waals surface area (Å²) >= 11 is 0. The van der Waals surface area contributed by atoms with Gasteiger partial charge in [-0.2, -0.15) is 0 Å². The minimum absolute atomic E-state index is 0.0357. The van der Waals surface area contributed by atoms with Crippen LogP contribution in [0.4, 0.5) is 4.39 Å². The Morgan fingerprint density at radius 2 is 1.68 bits per heavy atom. The van der Waals surface area contributed by atoms with Crippen LogP contribution in [0.15, 0.2) is 48.5 Å². The SMILES string of the molecule is O=C(COC(=O)c1ccc(O)cc1)NCc1ccc(F)cc1. The minimum Gasteiger partial charge on any atom is -0.508 e. The van der Waals surface area contributed by atoms with E-state index in [1.165, 1.54) is 36.4 Å². The number of rotatable bonds is 5. The van der Waals surface area contributed by atoms with E-state index in [-0.39, 0.29) is 23.7 Å². The van der Waals surface area contributed by atoms with Crippen LogP contribution in [-0.2, 0) is 16.1 Å². The second-order valence-electron chi connectivity index (χ2n) is 4.53. The summed E-state index contributed by atoms with van der Waals surface area (Å²) in [5.41, 5.74) is 0.976. The van der Waals surface area contributed by atoms with Crippen molar-refractivity contribution in [3.63, 3.8) is 0 Å². The molecule has 5 nitrogen and oxygen atoms in total. The molecule has 114 valence electrons. The van der Waals surface area contributed by atoms with Crippen molar-refractivity contribution in [1.29, 1.82) is 0 Å². The summed E-state index contributed by atoms with van der Waals surface area (Å²) in [7, 11) is 0. The Morgan fingerprint density at radius 3 is 2.32 bits per heavy atom. The van der Waals surface area contributed by atoms with E-state index < -0.39 is 18.5 Å². The van der Waals surface area contributed by atoms with Crippen molar-refractivity contribution >= 4 is 11.9 Å². The molecule has 0 aliphatic carbocycles. The van der Waals surface area contributed by atoms with E-state index >= 15 is 0 Å². The average Bonchev–Trinajstić information content (AvgIpc) is 2.52. The zero-order valence-corrected chi connectivity index (χ0v) is 11.6. The van der Waals surface area contributed by atoms with Gasteiger partial charge in [0.15, 0.2) is 6.61 Å². The Kier molecular flexibility index (Phi) is 5.08. The van der Waals surface area contributed by atoms with Gasteiger partial charge in [0.2, 0.25) is 0 Å². The van der Waals surface area contributed by atoms with Crippen molar-refractivity contribution in [2.75, 3.05) is 6.61 Å². The fraction of sp³-hybridized carbons (Fsp3) is 0.125. The minimum atomic E-state index is -0.656. The van der Waals surface area contributed by atoms with Gasteiger partial charge in [0.25, 0.3) is 5.91 Å². The molecular formula is C16H14FNO4. The van der Waals surface area contributed by atoms with Gasteiger partial charge in [-0.25, -0.2) is 9.18 Å². The molecule has 22 heavy (non-hydrogen) atoms. The molecule has 0 bridgehead atoms. The number of carbonyl (C=O) groups excluding carboxylic acids is 2. The van der Waals surface area contributed by atoms with Gasteiger partial charge in [-0.3, -0.25) is 4.79 Å². The third-order valence-corrected chi connectivity index (χ3v) is 2.84. The standard InChI is InChI=1S/C16H14FNO4/c17-13-5-1-11(2-6-13)9-18-15(20)10-22-16(21)12-3-7-14(19)8-4-12/h1-8,19H,9-10H2,(H,18,20). The molecular weight excluding hydrogens is 289 g/mol. The second kappa shape index (κ2) is 7.21. The number of halogens is 1. The normalized spacial score (nSPS) is 10.0. The third kappa shape index (κ3) is 4.59. The summed E-state index contributed by atoms with van der Waals surface area (Å²) in [5, 5.41) is 11.7. The number of benzene rings is 2. The van der Waals surface area contributed by atoms with E-state index in [1.807, 2.05) is 0 Å². The van der Waals surface area contributed by atoms with Gasteiger partial charge in [-0.05, 0) is 42.0 Å². The molecule has 2 aromatic rings. The van der Waals surface area contributed by atoms with E-state index in [1.54, 1.807) is 12.1 Å². The molecule has 0 aliphatic rings. The molecule has 0 aromatic heterocycles. The number of phenolic OH excluding ortho intramolecular Hbond substituents is 1. The third-order valence-electron chi connectivity index (χ3n) is 2.84. The molecule has 0 aliphatic heterocycles. The number of esters is 1. The highest BCUT2D eigenvalue weighted by molar-refractivity contribution is 5.91. The van der Waals surface area contributed by atoms with Crippen LogP contribution in [0, 0.1) is 5.82 Å². The van der Waals surface area contributed by atoms with Gasteiger partial charge in [0.1, 0.15) is 11.6 Å². The van der Waals surface area contributed by atoms with Crippen molar-refractivity contribution in [3.05, 3.63) is 65.5 Å². The largest absolute Gasteiger partial charge is 0.508 e. The zero-order chi connectivity index (χ0) is 15.9. The molecule has 2 aromatic carbocycles. The van der Waals surface area contributed by atoms with E-state index in [0.717, 1.165) is 5.56 Å². The topological polar surface area (TPSA) is 75.6 Å². The van der Waals surface area contributed by atoms with Crippen LogP contribution in [0.3, 0.4) is 0 Å². The molecule has 0 radical (unpaired) electrons. The Labute approximate surface area is 126 Å². The van der Waals surface area contributed by atoms with Crippen LogP contribution in [0.25, 0.3) is 0 Å². The van der Waals surface area contributed by atoms with Gasteiger partial charge in [-0.15, -0.1) is 0 Å². The van der Waals surface area contributed by atoms with Crippen molar-refractivity contribution in [1.82, 2.24) is 5.32 Å². The molecule has 0 heterocycles. The first-order valence-corrected chi connectivity index (χ1v) is 6.52. The Bertz CT molecular complexity index is 653. The lowest BCUT2D eigenvalue weighted by Crippen LogP contribution is -2.28. The van der Waals surface area contributed by atoms with Gasteiger partial charge in [-0.1, -0.05) is 12.1 Å². The number of carbonyl (C=O) groups is 2. The first-order valence-electron chi connectivity index (χ1n) is 6.52.